The molecule has 0 unspecified atom stereocenters. The van der Waals surface area contributed by atoms with E-state index in [4.69, 9.17) is 9.97 Å². The number of carbonyl (C=O) groups excluding carboxylic acids is 1. The Kier molecular flexibility index (Phi) is 5.08. The zero-order valence-electron chi connectivity index (χ0n) is 19.8. The van der Waals surface area contributed by atoms with Gasteiger partial charge in [0, 0.05) is 58.4 Å². The standard InChI is InChI=1S/C25H38N6O/c1-18-26-22(29-5-3-28(2)4-6-29)14-23(27-18)30-7-9-31(10-8-30)24(32)25-15-19-11-20(16-25)13-21(12-19)17-25/h14,19-21H,3-13,15-17H2,1-2H3. The first-order valence-electron chi connectivity index (χ1n) is 12.8. The van der Waals surface area contributed by atoms with E-state index in [0.717, 1.165) is 87.6 Å². The van der Waals surface area contributed by atoms with Crippen molar-refractivity contribution in [2.75, 3.05) is 69.2 Å². The minimum Gasteiger partial charge on any atom is -0.354 e. The summed E-state index contributed by atoms with van der Waals surface area (Å²) in [5, 5.41) is 0. The summed E-state index contributed by atoms with van der Waals surface area (Å²) < 4.78 is 0. The highest BCUT2D eigenvalue weighted by atomic mass is 16.2. The fourth-order valence-electron chi connectivity index (χ4n) is 7.74. The lowest BCUT2D eigenvalue weighted by Gasteiger charge is -2.57. The molecule has 0 radical (unpaired) electrons. The fraction of sp³-hybridized carbons (Fsp3) is 0.800. The number of aryl methyl sites for hydroxylation is 1. The Morgan fingerprint density at radius 2 is 1.28 bits per heavy atom. The Labute approximate surface area is 192 Å². The Balaban J connectivity index is 1.12. The number of hydrogen-bond donors (Lipinski definition) is 0. The van der Waals surface area contributed by atoms with Crippen LogP contribution in [0.15, 0.2) is 6.07 Å². The number of rotatable bonds is 3. The summed E-state index contributed by atoms with van der Waals surface area (Å²) in [6, 6.07) is 2.16. The van der Waals surface area contributed by atoms with E-state index in [9.17, 15) is 4.79 Å². The second kappa shape index (κ2) is 7.86. The van der Waals surface area contributed by atoms with Gasteiger partial charge in [0.05, 0.1) is 5.41 Å². The summed E-state index contributed by atoms with van der Waals surface area (Å²) in [5.41, 5.74) is -0.0168. The van der Waals surface area contributed by atoms with Crippen LogP contribution >= 0.6 is 0 Å². The highest BCUT2D eigenvalue weighted by Gasteiger charge is 2.55. The lowest BCUT2D eigenvalue weighted by atomic mass is 9.49. The normalized spacial score (nSPS) is 34.9. The second-order valence-corrected chi connectivity index (χ2v) is 11.4. The molecule has 7 heteroatoms. The van der Waals surface area contributed by atoms with Crippen LogP contribution < -0.4 is 9.80 Å². The maximum atomic E-state index is 13.7. The number of carbonyl (C=O) groups is 1. The first-order chi connectivity index (χ1) is 15.5. The molecule has 2 aliphatic heterocycles. The zero-order chi connectivity index (χ0) is 21.9. The molecule has 1 aromatic heterocycles. The lowest BCUT2D eigenvalue weighted by Crippen LogP contribution is -2.58. The van der Waals surface area contributed by atoms with Gasteiger partial charge in [0.2, 0.25) is 5.91 Å². The van der Waals surface area contributed by atoms with E-state index in [2.05, 4.69) is 32.7 Å². The molecule has 174 valence electrons. The van der Waals surface area contributed by atoms with E-state index in [-0.39, 0.29) is 5.41 Å². The van der Waals surface area contributed by atoms with Crippen molar-refractivity contribution in [3.8, 4) is 0 Å². The third-order valence-corrected chi connectivity index (χ3v) is 9.02. The minimum absolute atomic E-state index is 0.0168. The minimum atomic E-state index is -0.0168. The molecule has 2 saturated heterocycles. The Morgan fingerprint density at radius 1 is 0.812 bits per heavy atom. The molecule has 4 bridgehead atoms. The molecule has 4 saturated carbocycles. The molecule has 6 aliphatic rings. The summed E-state index contributed by atoms with van der Waals surface area (Å²) in [6.45, 7) is 9.57. The molecule has 0 N–H and O–H groups in total. The molecular formula is C25H38N6O. The van der Waals surface area contributed by atoms with Crippen LogP contribution in [-0.4, -0.2) is 85.1 Å². The third kappa shape index (κ3) is 3.66. The number of nitrogens with zero attached hydrogens (tertiary/aromatic N) is 6. The van der Waals surface area contributed by atoms with Crippen LogP contribution in [0.1, 0.15) is 44.3 Å². The van der Waals surface area contributed by atoms with Crippen molar-refractivity contribution in [1.29, 1.82) is 0 Å². The molecule has 32 heavy (non-hydrogen) atoms. The molecule has 6 fully saturated rings. The van der Waals surface area contributed by atoms with Crippen LogP contribution in [0.2, 0.25) is 0 Å². The van der Waals surface area contributed by atoms with Crippen molar-refractivity contribution in [3.63, 3.8) is 0 Å². The van der Waals surface area contributed by atoms with Gasteiger partial charge in [-0.3, -0.25) is 4.79 Å². The summed E-state index contributed by atoms with van der Waals surface area (Å²) in [6.07, 6.45) is 7.67. The summed E-state index contributed by atoms with van der Waals surface area (Å²) in [4.78, 5) is 32.5. The number of amides is 1. The average molecular weight is 439 g/mol. The number of hydrogen-bond acceptors (Lipinski definition) is 6. The van der Waals surface area contributed by atoms with Crippen molar-refractivity contribution < 1.29 is 4.79 Å². The molecule has 1 amide bonds. The predicted molar refractivity (Wildman–Crippen MR) is 126 cm³/mol. The van der Waals surface area contributed by atoms with Crippen molar-refractivity contribution in [2.24, 2.45) is 23.2 Å². The highest BCUT2D eigenvalue weighted by molar-refractivity contribution is 5.83. The Morgan fingerprint density at radius 3 is 1.78 bits per heavy atom. The van der Waals surface area contributed by atoms with Crippen molar-refractivity contribution >= 4 is 17.5 Å². The summed E-state index contributed by atoms with van der Waals surface area (Å²) in [5.74, 6) is 5.85. The number of piperazine rings is 2. The van der Waals surface area contributed by atoms with Gasteiger partial charge in [-0.05, 0) is 70.3 Å². The first kappa shape index (κ1) is 20.7. The number of aromatic nitrogens is 2. The summed E-state index contributed by atoms with van der Waals surface area (Å²) in [7, 11) is 2.18. The van der Waals surface area contributed by atoms with Crippen molar-refractivity contribution in [1.82, 2.24) is 19.8 Å². The molecule has 0 atom stereocenters. The van der Waals surface area contributed by atoms with E-state index in [1.54, 1.807) is 0 Å². The smallest absolute Gasteiger partial charge is 0.228 e. The van der Waals surface area contributed by atoms with Gasteiger partial charge in [-0.25, -0.2) is 9.97 Å². The molecule has 7 nitrogen and oxygen atoms in total. The molecular weight excluding hydrogens is 400 g/mol. The van der Waals surface area contributed by atoms with E-state index in [1.807, 2.05) is 6.92 Å². The summed E-state index contributed by atoms with van der Waals surface area (Å²) >= 11 is 0. The van der Waals surface area contributed by atoms with Crippen LogP contribution in [0.25, 0.3) is 0 Å². The lowest BCUT2D eigenvalue weighted by molar-refractivity contribution is -0.158. The predicted octanol–water partition coefficient (Wildman–Crippen LogP) is 2.40. The largest absolute Gasteiger partial charge is 0.354 e. The van der Waals surface area contributed by atoms with E-state index in [0.29, 0.717) is 5.91 Å². The third-order valence-electron chi connectivity index (χ3n) is 9.02. The SMILES string of the molecule is Cc1nc(N2CCN(C)CC2)cc(N2CCN(C(=O)C34CC5CC(CC(C5)C3)C4)CC2)n1. The van der Waals surface area contributed by atoms with Crippen LogP contribution in [-0.2, 0) is 4.79 Å². The van der Waals surface area contributed by atoms with Gasteiger partial charge in [0.1, 0.15) is 17.5 Å². The molecule has 7 rings (SSSR count). The first-order valence-corrected chi connectivity index (χ1v) is 12.8. The van der Waals surface area contributed by atoms with E-state index in [1.165, 1.54) is 38.5 Å². The quantitative estimate of drug-likeness (QED) is 0.722. The van der Waals surface area contributed by atoms with Gasteiger partial charge in [0.25, 0.3) is 0 Å². The Hall–Kier alpha value is -1.89. The monoisotopic (exact) mass is 438 g/mol. The van der Waals surface area contributed by atoms with Gasteiger partial charge < -0.3 is 19.6 Å². The van der Waals surface area contributed by atoms with Gasteiger partial charge in [0.15, 0.2) is 0 Å². The molecule has 0 spiro atoms. The van der Waals surface area contributed by atoms with Crippen molar-refractivity contribution in [2.45, 2.75) is 45.4 Å². The maximum absolute atomic E-state index is 13.7. The average Bonchev–Trinajstić information content (AvgIpc) is 2.78. The van der Waals surface area contributed by atoms with Crippen LogP contribution in [0, 0.1) is 30.1 Å². The molecule has 0 aromatic carbocycles. The van der Waals surface area contributed by atoms with Gasteiger partial charge in [-0.1, -0.05) is 0 Å². The van der Waals surface area contributed by atoms with Crippen LogP contribution in [0.5, 0.6) is 0 Å². The molecule has 4 aliphatic carbocycles. The van der Waals surface area contributed by atoms with E-state index >= 15 is 0 Å². The highest BCUT2D eigenvalue weighted by Crippen LogP contribution is 2.60. The Bertz CT molecular complexity index is 836. The number of likely N-dealkylation sites (N-methyl/N-ethyl adjacent to an activating group) is 1. The zero-order valence-corrected chi connectivity index (χ0v) is 19.8. The number of anilines is 2. The maximum Gasteiger partial charge on any atom is 0.228 e. The van der Waals surface area contributed by atoms with Crippen LogP contribution in [0.3, 0.4) is 0 Å². The van der Waals surface area contributed by atoms with Crippen molar-refractivity contribution in [3.05, 3.63) is 11.9 Å². The fourth-order valence-corrected chi connectivity index (χ4v) is 7.74. The molecule has 1 aromatic rings. The van der Waals surface area contributed by atoms with E-state index < -0.39 is 0 Å². The second-order valence-electron chi connectivity index (χ2n) is 11.4. The van der Waals surface area contributed by atoms with Gasteiger partial charge in [-0.15, -0.1) is 0 Å². The van der Waals surface area contributed by atoms with Gasteiger partial charge in [-0.2, -0.15) is 0 Å². The van der Waals surface area contributed by atoms with Gasteiger partial charge >= 0.3 is 0 Å². The molecule has 3 heterocycles. The van der Waals surface area contributed by atoms with Crippen LogP contribution in [0.4, 0.5) is 11.6 Å². The topological polar surface area (TPSA) is 55.8 Å².